The van der Waals surface area contributed by atoms with Crippen molar-refractivity contribution in [3.05, 3.63) is 83.2 Å². The number of carboxylic acid groups (broad SMARTS) is 1. The Morgan fingerprint density at radius 1 is 1.09 bits per heavy atom. The molecular formula is C27H25N3O5. The second-order valence-electron chi connectivity index (χ2n) is 8.93. The fourth-order valence-corrected chi connectivity index (χ4v) is 4.31. The molecule has 0 radical (unpaired) electrons. The van der Waals surface area contributed by atoms with Crippen molar-refractivity contribution in [2.24, 2.45) is 10.4 Å². The predicted octanol–water partition coefficient (Wildman–Crippen LogP) is 5.90. The number of ether oxygens (including phenoxy) is 1. The number of aryl methyl sites for hydroxylation is 1. The Balaban J connectivity index is 1.27. The van der Waals surface area contributed by atoms with E-state index in [0.29, 0.717) is 36.4 Å². The molecule has 8 nitrogen and oxygen atoms in total. The molecule has 35 heavy (non-hydrogen) atoms. The highest BCUT2D eigenvalue weighted by atomic mass is 16.6. The van der Waals surface area contributed by atoms with Crippen molar-refractivity contribution in [3.8, 4) is 11.3 Å². The number of aliphatic imine (C=N–C) groups is 1. The summed E-state index contributed by atoms with van der Waals surface area (Å²) in [6, 6.07) is 17.0. The molecule has 2 N–H and O–H groups in total. The number of amides is 1. The normalized spacial score (nSPS) is 16.7. The van der Waals surface area contributed by atoms with Gasteiger partial charge in [0.2, 0.25) is 0 Å². The number of nitrogens with one attached hydrogen (secondary N) is 1. The highest BCUT2D eigenvalue weighted by Crippen LogP contribution is 2.54. The lowest BCUT2D eigenvalue weighted by molar-refractivity contribution is -0.141. The number of aromatic nitrogens is 1. The summed E-state index contributed by atoms with van der Waals surface area (Å²) in [4.78, 5) is 28.6. The first-order chi connectivity index (χ1) is 16.9. The highest BCUT2D eigenvalue weighted by molar-refractivity contribution is 6.05. The van der Waals surface area contributed by atoms with Gasteiger partial charge in [-0.1, -0.05) is 59.8 Å². The van der Waals surface area contributed by atoms with Crippen molar-refractivity contribution < 1.29 is 24.0 Å². The summed E-state index contributed by atoms with van der Waals surface area (Å²) >= 11 is 0. The Hall–Kier alpha value is -4.20. The molecule has 2 aromatic carbocycles. The van der Waals surface area contributed by atoms with Crippen molar-refractivity contribution in [3.63, 3.8) is 0 Å². The molecule has 1 atom stereocenters. The number of hydrogen-bond acceptors (Lipinski definition) is 6. The zero-order chi connectivity index (χ0) is 24.6. The fourth-order valence-electron chi connectivity index (χ4n) is 4.31. The van der Waals surface area contributed by atoms with Crippen LogP contribution in [0.15, 0.2) is 75.9 Å². The Morgan fingerprint density at radius 3 is 2.43 bits per heavy atom. The second-order valence-corrected chi connectivity index (χ2v) is 8.93. The van der Waals surface area contributed by atoms with Crippen LogP contribution in [-0.2, 0) is 9.53 Å². The summed E-state index contributed by atoms with van der Waals surface area (Å²) in [5.41, 5.74) is 4.49. The van der Waals surface area contributed by atoms with Gasteiger partial charge < -0.3 is 14.4 Å². The van der Waals surface area contributed by atoms with Gasteiger partial charge in [-0.25, -0.2) is 4.79 Å². The largest absolute Gasteiger partial charge is 0.481 e. The lowest BCUT2D eigenvalue weighted by Crippen LogP contribution is -2.18. The first-order valence-corrected chi connectivity index (χ1v) is 11.5. The Bertz CT molecular complexity index is 1330. The molecule has 1 aliphatic carbocycles. The van der Waals surface area contributed by atoms with Gasteiger partial charge in [0.1, 0.15) is 17.5 Å². The van der Waals surface area contributed by atoms with Gasteiger partial charge in [0.05, 0.1) is 11.1 Å². The molecule has 0 bridgehead atoms. The Morgan fingerprint density at radius 2 is 1.77 bits per heavy atom. The first kappa shape index (κ1) is 22.6. The average Bonchev–Trinajstić information content (AvgIpc) is 3.40. The highest BCUT2D eigenvalue weighted by Gasteiger charge is 2.53. The fraction of sp³-hybridized carbons (Fsp3) is 0.259. The molecule has 3 aromatic rings. The molecular weight excluding hydrogens is 446 g/mol. The van der Waals surface area contributed by atoms with Crippen LogP contribution in [0.1, 0.15) is 49.1 Å². The molecule has 178 valence electrons. The lowest BCUT2D eigenvalue weighted by Gasteiger charge is -2.14. The molecule has 5 rings (SSSR count). The third kappa shape index (κ3) is 4.35. The summed E-state index contributed by atoms with van der Waals surface area (Å²) in [6.07, 6.45) is 2.56. The zero-order valence-corrected chi connectivity index (χ0v) is 19.4. The minimum atomic E-state index is -0.770. The predicted molar refractivity (Wildman–Crippen MR) is 130 cm³/mol. The molecule has 1 aromatic heterocycles. The van der Waals surface area contributed by atoms with Gasteiger partial charge in [0.25, 0.3) is 0 Å². The van der Waals surface area contributed by atoms with E-state index in [-0.39, 0.29) is 0 Å². The van der Waals surface area contributed by atoms with Crippen LogP contribution in [0.4, 0.5) is 10.5 Å². The second kappa shape index (κ2) is 8.87. The lowest BCUT2D eigenvalue weighted by atomic mass is 9.91. The number of aliphatic carboxylic acids is 1. The van der Waals surface area contributed by atoms with E-state index in [1.54, 1.807) is 13.1 Å². The summed E-state index contributed by atoms with van der Waals surface area (Å²) in [5.74, 6) is -0.346. The van der Waals surface area contributed by atoms with Crippen LogP contribution >= 0.6 is 0 Å². The van der Waals surface area contributed by atoms with Crippen molar-refractivity contribution in [2.45, 2.75) is 39.2 Å². The van der Waals surface area contributed by atoms with E-state index in [1.807, 2.05) is 61.5 Å². The SMILES string of the molecule is Cc1noc(-c2ccc(C3=NC=C(C4(C(=O)O)CC4)C3)cc2)c1NC(=O)OC(C)c1ccccc1. The number of carbonyl (C=O) groups is 2. The van der Waals surface area contributed by atoms with Crippen LogP contribution in [0.2, 0.25) is 0 Å². The van der Waals surface area contributed by atoms with Crippen LogP contribution in [0.5, 0.6) is 0 Å². The van der Waals surface area contributed by atoms with E-state index in [2.05, 4.69) is 15.5 Å². The maximum atomic E-state index is 12.6. The van der Waals surface area contributed by atoms with Crippen LogP contribution in [0.25, 0.3) is 11.3 Å². The van der Waals surface area contributed by atoms with E-state index in [9.17, 15) is 14.7 Å². The van der Waals surface area contributed by atoms with Crippen LogP contribution in [0, 0.1) is 12.3 Å². The van der Waals surface area contributed by atoms with Crippen molar-refractivity contribution in [1.29, 1.82) is 0 Å². The van der Waals surface area contributed by atoms with Gasteiger partial charge in [0.15, 0.2) is 5.76 Å². The molecule has 8 heteroatoms. The minimum Gasteiger partial charge on any atom is -0.481 e. The number of nitrogens with zero attached hydrogens (tertiary/aromatic N) is 2. The van der Waals surface area contributed by atoms with Crippen molar-refractivity contribution >= 4 is 23.5 Å². The summed E-state index contributed by atoms with van der Waals surface area (Å²) in [7, 11) is 0. The quantitative estimate of drug-likeness (QED) is 0.443. The first-order valence-electron chi connectivity index (χ1n) is 11.5. The zero-order valence-electron chi connectivity index (χ0n) is 19.4. The van der Waals surface area contributed by atoms with E-state index < -0.39 is 23.6 Å². The number of anilines is 1. The van der Waals surface area contributed by atoms with E-state index in [0.717, 1.165) is 28.0 Å². The molecule has 1 aliphatic heterocycles. The molecule has 2 aliphatic rings. The molecule has 1 fully saturated rings. The smallest absolute Gasteiger partial charge is 0.412 e. The molecule has 1 unspecified atom stereocenters. The molecule has 0 saturated heterocycles. The third-order valence-corrected chi connectivity index (χ3v) is 6.63. The summed E-state index contributed by atoms with van der Waals surface area (Å²) < 4.78 is 11.0. The third-order valence-electron chi connectivity index (χ3n) is 6.63. The van der Waals surface area contributed by atoms with Gasteiger partial charge >= 0.3 is 12.1 Å². The monoisotopic (exact) mass is 471 g/mol. The Kier molecular flexibility index (Phi) is 5.72. The molecule has 0 spiro atoms. The maximum absolute atomic E-state index is 12.6. The number of hydrogen-bond donors (Lipinski definition) is 2. The van der Waals surface area contributed by atoms with Gasteiger partial charge in [0, 0.05) is 18.2 Å². The number of benzene rings is 2. The van der Waals surface area contributed by atoms with Crippen molar-refractivity contribution in [2.75, 3.05) is 5.32 Å². The number of carboxylic acids is 1. The minimum absolute atomic E-state index is 0.416. The van der Waals surface area contributed by atoms with E-state index in [4.69, 9.17) is 9.26 Å². The van der Waals surface area contributed by atoms with Gasteiger partial charge in [-0.2, -0.15) is 0 Å². The topological polar surface area (TPSA) is 114 Å². The van der Waals surface area contributed by atoms with Gasteiger partial charge in [-0.15, -0.1) is 0 Å². The van der Waals surface area contributed by atoms with Crippen LogP contribution in [-0.4, -0.2) is 28.0 Å². The molecule has 1 saturated carbocycles. The van der Waals surface area contributed by atoms with E-state index >= 15 is 0 Å². The standard InChI is InChI=1S/C27H25N3O5/c1-16-23(29-26(33)34-17(2)18-6-4-3-5-7-18)24(35-30-16)20-10-8-19(9-11-20)22-14-21(15-28-22)27(12-13-27)25(31)32/h3-11,15,17H,12-14H2,1-2H3,(H,29,33)(H,31,32). The number of carbonyl (C=O) groups excluding carboxylic acids is 1. The van der Waals surface area contributed by atoms with Crippen LogP contribution < -0.4 is 5.32 Å². The molecule has 2 heterocycles. The summed E-state index contributed by atoms with van der Waals surface area (Å²) in [6.45, 7) is 3.55. The van der Waals surface area contributed by atoms with Crippen molar-refractivity contribution in [1.82, 2.24) is 5.16 Å². The molecule has 1 amide bonds. The van der Waals surface area contributed by atoms with Gasteiger partial charge in [-0.05, 0) is 43.4 Å². The van der Waals surface area contributed by atoms with Gasteiger partial charge in [-0.3, -0.25) is 15.1 Å². The Labute approximate surface area is 202 Å². The number of rotatable bonds is 7. The van der Waals surface area contributed by atoms with Crippen LogP contribution in [0.3, 0.4) is 0 Å². The maximum Gasteiger partial charge on any atom is 0.412 e. The summed E-state index contributed by atoms with van der Waals surface area (Å²) in [5, 5.41) is 16.3. The van der Waals surface area contributed by atoms with E-state index in [1.165, 1.54) is 0 Å². The average molecular weight is 472 g/mol.